The lowest BCUT2D eigenvalue weighted by Gasteiger charge is -2.29. The number of ether oxygens (including phenoxy) is 1. The van der Waals surface area contributed by atoms with E-state index >= 15 is 0 Å². The predicted molar refractivity (Wildman–Crippen MR) is 72.2 cm³/mol. The Labute approximate surface area is 108 Å². The van der Waals surface area contributed by atoms with Crippen molar-refractivity contribution in [2.24, 2.45) is 0 Å². The molecule has 1 aromatic heterocycles. The van der Waals surface area contributed by atoms with E-state index in [-0.39, 0.29) is 0 Å². The van der Waals surface area contributed by atoms with Crippen LogP contribution in [0.3, 0.4) is 0 Å². The first-order chi connectivity index (χ1) is 8.92. The Morgan fingerprint density at radius 1 is 1.28 bits per heavy atom. The van der Waals surface area contributed by atoms with E-state index in [4.69, 9.17) is 4.74 Å². The van der Waals surface area contributed by atoms with E-state index < -0.39 is 0 Å². The summed E-state index contributed by atoms with van der Waals surface area (Å²) in [6.45, 7) is 4.18. The average Bonchev–Trinajstić information content (AvgIpc) is 2.38. The van der Waals surface area contributed by atoms with Gasteiger partial charge in [0.25, 0.3) is 0 Å². The summed E-state index contributed by atoms with van der Waals surface area (Å²) >= 11 is 0. The van der Waals surface area contributed by atoms with Crippen LogP contribution < -0.4 is 15.0 Å². The van der Waals surface area contributed by atoms with Crippen molar-refractivity contribution in [1.29, 1.82) is 0 Å². The minimum atomic E-state index is 0.531. The quantitative estimate of drug-likeness (QED) is 0.880. The van der Waals surface area contributed by atoms with Crippen molar-refractivity contribution in [2.75, 3.05) is 31.1 Å². The summed E-state index contributed by atoms with van der Waals surface area (Å²) in [5, 5.41) is 3.34. The maximum absolute atomic E-state index is 5.79. The molecule has 4 nitrogen and oxygen atoms in total. The summed E-state index contributed by atoms with van der Waals surface area (Å²) in [5.74, 6) is 0.895. The van der Waals surface area contributed by atoms with Gasteiger partial charge in [-0.3, -0.25) is 4.98 Å². The fourth-order valence-corrected chi connectivity index (χ4v) is 2.50. The standard InChI is InChI=1S/C14H21N3O/c1-2-6-17(7-3-1)13-8-14(10-15-9-13)18-11-12-4-5-16-12/h8-10,12,16H,1-7,11H2/t12-/m0/s1. The zero-order chi connectivity index (χ0) is 12.2. The molecule has 4 heteroatoms. The molecular formula is C14H21N3O. The van der Waals surface area contributed by atoms with E-state index in [2.05, 4.69) is 21.3 Å². The SMILES string of the molecule is c1ncc(N2CCCCC2)cc1OC[C@@H]1CCN1. The van der Waals surface area contributed by atoms with Crippen LogP contribution in [0.5, 0.6) is 5.75 Å². The molecule has 1 aromatic rings. The van der Waals surface area contributed by atoms with Gasteiger partial charge in [-0.1, -0.05) is 0 Å². The van der Waals surface area contributed by atoms with E-state index in [1.807, 2.05) is 12.4 Å². The van der Waals surface area contributed by atoms with E-state index in [1.54, 1.807) is 0 Å². The normalized spacial score (nSPS) is 23.6. The highest BCUT2D eigenvalue weighted by molar-refractivity contribution is 5.48. The van der Waals surface area contributed by atoms with Crippen molar-refractivity contribution in [3.8, 4) is 5.75 Å². The molecule has 0 aliphatic carbocycles. The van der Waals surface area contributed by atoms with Crippen LogP contribution in [0.4, 0.5) is 5.69 Å². The second-order valence-corrected chi connectivity index (χ2v) is 5.18. The van der Waals surface area contributed by atoms with E-state index in [1.165, 1.54) is 31.4 Å². The molecule has 0 spiro atoms. The van der Waals surface area contributed by atoms with Gasteiger partial charge < -0.3 is 15.0 Å². The molecular weight excluding hydrogens is 226 g/mol. The van der Waals surface area contributed by atoms with Gasteiger partial charge in [0, 0.05) is 25.2 Å². The highest BCUT2D eigenvalue weighted by Crippen LogP contribution is 2.23. The zero-order valence-electron chi connectivity index (χ0n) is 10.8. The molecule has 2 saturated heterocycles. The number of anilines is 1. The summed E-state index contributed by atoms with van der Waals surface area (Å²) in [4.78, 5) is 6.70. The molecule has 0 amide bonds. The number of nitrogens with one attached hydrogen (secondary N) is 1. The number of piperidine rings is 1. The second kappa shape index (κ2) is 5.57. The second-order valence-electron chi connectivity index (χ2n) is 5.18. The van der Waals surface area contributed by atoms with Crippen LogP contribution in [0.2, 0.25) is 0 Å². The van der Waals surface area contributed by atoms with Crippen LogP contribution in [-0.2, 0) is 0 Å². The van der Waals surface area contributed by atoms with E-state index in [0.29, 0.717) is 6.04 Å². The summed E-state index contributed by atoms with van der Waals surface area (Å²) in [6, 6.07) is 2.65. The Bertz CT molecular complexity index is 386. The van der Waals surface area contributed by atoms with Crippen LogP contribution in [0, 0.1) is 0 Å². The lowest BCUT2D eigenvalue weighted by Crippen LogP contribution is -2.46. The monoisotopic (exact) mass is 247 g/mol. The minimum Gasteiger partial charge on any atom is -0.490 e. The maximum Gasteiger partial charge on any atom is 0.139 e. The van der Waals surface area contributed by atoms with Crippen molar-refractivity contribution >= 4 is 5.69 Å². The average molecular weight is 247 g/mol. The molecule has 2 aliphatic rings. The Morgan fingerprint density at radius 2 is 2.11 bits per heavy atom. The fraction of sp³-hybridized carbons (Fsp3) is 0.643. The van der Waals surface area contributed by atoms with Gasteiger partial charge in [-0.2, -0.15) is 0 Å². The Balaban J connectivity index is 1.60. The molecule has 2 aliphatic heterocycles. The Morgan fingerprint density at radius 3 is 2.83 bits per heavy atom. The minimum absolute atomic E-state index is 0.531. The van der Waals surface area contributed by atoms with Gasteiger partial charge in [-0.25, -0.2) is 0 Å². The zero-order valence-corrected chi connectivity index (χ0v) is 10.8. The lowest BCUT2D eigenvalue weighted by atomic mass is 10.1. The summed E-state index contributed by atoms with van der Waals surface area (Å²) in [7, 11) is 0. The topological polar surface area (TPSA) is 37.4 Å². The van der Waals surface area contributed by atoms with Crippen molar-refractivity contribution in [3.05, 3.63) is 18.5 Å². The third-order valence-electron chi connectivity index (χ3n) is 3.80. The predicted octanol–water partition coefficient (Wildman–Crippen LogP) is 1.81. The number of nitrogens with zero attached hydrogens (tertiary/aromatic N) is 2. The van der Waals surface area contributed by atoms with Crippen LogP contribution >= 0.6 is 0 Å². The highest BCUT2D eigenvalue weighted by atomic mass is 16.5. The van der Waals surface area contributed by atoms with Crippen molar-refractivity contribution in [2.45, 2.75) is 31.7 Å². The molecule has 0 unspecified atom stereocenters. The first kappa shape index (κ1) is 11.8. The molecule has 18 heavy (non-hydrogen) atoms. The maximum atomic E-state index is 5.79. The molecule has 2 fully saturated rings. The van der Waals surface area contributed by atoms with Gasteiger partial charge in [0.05, 0.1) is 18.1 Å². The van der Waals surface area contributed by atoms with Crippen molar-refractivity contribution in [1.82, 2.24) is 10.3 Å². The molecule has 0 bridgehead atoms. The first-order valence-electron chi connectivity index (χ1n) is 6.98. The highest BCUT2D eigenvalue weighted by Gasteiger charge is 2.17. The fourth-order valence-electron chi connectivity index (χ4n) is 2.50. The van der Waals surface area contributed by atoms with Crippen molar-refractivity contribution < 1.29 is 4.74 Å². The van der Waals surface area contributed by atoms with E-state index in [0.717, 1.165) is 32.0 Å². The van der Waals surface area contributed by atoms with Gasteiger partial charge >= 0.3 is 0 Å². The molecule has 98 valence electrons. The lowest BCUT2D eigenvalue weighted by molar-refractivity contribution is 0.217. The number of hydrogen-bond acceptors (Lipinski definition) is 4. The van der Waals surface area contributed by atoms with Crippen LogP contribution in [0.1, 0.15) is 25.7 Å². The van der Waals surface area contributed by atoms with Gasteiger partial charge in [0.15, 0.2) is 0 Å². The molecule has 3 heterocycles. The number of hydrogen-bond donors (Lipinski definition) is 1. The smallest absolute Gasteiger partial charge is 0.139 e. The first-order valence-corrected chi connectivity index (χ1v) is 6.98. The molecule has 0 radical (unpaired) electrons. The largest absolute Gasteiger partial charge is 0.490 e. The summed E-state index contributed by atoms with van der Waals surface area (Å²) < 4.78 is 5.79. The molecule has 0 aromatic carbocycles. The molecule has 0 saturated carbocycles. The van der Waals surface area contributed by atoms with Crippen LogP contribution in [-0.4, -0.2) is 37.3 Å². The third-order valence-corrected chi connectivity index (χ3v) is 3.80. The summed E-state index contributed by atoms with van der Waals surface area (Å²) in [5.41, 5.74) is 1.20. The van der Waals surface area contributed by atoms with Crippen LogP contribution in [0.15, 0.2) is 18.5 Å². The molecule has 1 N–H and O–H groups in total. The Hall–Kier alpha value is -1.29. The number of pyridine rings is 1. The number of aromatic nitrogens is 1. The van der Waals surface area contributed by atoms with Gasteiger partial charge in [-0.05, 0) is 32.2 Å². The van der Waals surface area contributed by atoms with Gasteiger partial charge in [0.1, 0.15) is 12.4 Å². The van der Waals surface area contributed by atoms with Crippen LogP contribution in [0.25, 0.3) is 0 Å². The molecule has 3 rings (SSSR count). The van der Waals surface area contributed by atoms with E-state index in [9.17, 15) is 0 Å². The van der Waals surface area contributed by atoms with Gasteiger partial charge in [0.2, 0.25) is 0 Å². The summed E-state index contributed by atoms with van der Waals surface area (Å²) in [6.07, 6.45) is 8.91. The number of rotatable bonds is 4. The third kappa shape index (κ3) is 2.75. The van der Waals surface area contributed by atoms with Gasteiger partial charge in [-0.15, -0.1) is 0 Å². The molecule has 1 atom stereocenters. The Kier molecular flexibility index (Phi) is 3.64. The van der Waals surface area contributed by atoms with Crippen molar-refractivity contribution in [3.63, 3.8) is 0 Å².